The molecular weight excluding hydrogens is 228 g/mol. The second kappa shape index (κ2) is 6.53. The zero-order valence-corrected chi connectivity index (χ0v) is 11.2. The fourth-order valence-electron chi connectivity index (χ4n) is 3.21. The molecule has 4 nitrogen and oxygen atoms in total. The van der Waals surface area contributed by atoms with Gasteiger partial charge in [0, 0.05) is 24.4 Å². The van der Waals surface area contributed by atoms with Gasteiger partial charge in [-0.3, -0.25) is 4.79 Å². The molecule has 18 heavy (non-hydrogen) atoms. The largest absolute Gasteiger partial charge is 0.396 e. The van der Waals surface area contributed by atoms with Crippen LogP contribution in [0.1, 0.15) is 51.4 Å². The Balaban J connectivity index is 1.73. The Labute approximate surface area is 110 Å². The maximum Gasteiger partial charge on any atom is 0.221 e. The molecule has 1 aliphatic heterocycles. The van der Waals surface area contributed by atoms with E-state index in [0.29, 0.717) is 19.0 Å². The first-order chi connectivity index (χ1) is 8.74. The van der Waals surface area contributed by atoms with Gasteiger partial charge in [-0.05, 0) is 32.2 Å². The lowest BCUT2D eigenvalue weighted by molar-refractivity contribution is -0.122. The molecule has 3 N–H and O–H groups in total. The van der Waals surface area contributed by atoms with Crippen LogP contribution in [0, 0.1) is 5.41 Å². The van der Waals surface area contributed by atoms with Crippen molar-refractivity contribution in [3.05, 3.63) is 0 Å². The van der Waals surface area contributed by atoms with E-state index in [-0.39, 0.29) is 17.9 Å². The predicted octanol–water partition coefficient (Wildman–Crippen LogP) is 1.19. The van der Waals surface area contributed by atoms with E-state index in [4.69, 9.17) is 0 Å². The number of amides is 1. The van der Waals surface area contributed by atoms with Crippen LogP contribution in [0.3, 0.4) is 0 Å². The van der Waals surface area contributed by atoms with Crippen LogP contribution in [0.5, 0.6) is 0 Å². The van der Waals surface area contributed by atoms with Gasteiger partial charge in [0.2, 0.25) is 5.91 Å². The first-order valence-electron chi connectivity index (χ1n) is 7.35. The SMILES string of the molecule is O=C(CC1CCCN1)NCC1(CO)CCCCC1. The molecule has 104 valence electrons. The third kappa shape index (κ3) is 3.69. The van der Waals surface area contributed by atoms with Gasteiger partial charge < -0.3 is 15.7 Å². The molecule has 2 rings (SSSR count). The van der Waals surface area contributed by atoms with Crippen LogP contribution < -0.4 is 10.6 Å². The molecule has 0 bridgehead atoms. The number of hydrogen-bond acceptors (Lipinski definition) is 3. The lowest BCUT2D eigenvalue weighted by Gasteiger charge is -2.35. The van der Waals surface area contributed by atoms with E-state index in [1.165, 1.54) is 25.7 Å². The molecule has 0 aromatic carbocycles. The van der Waals surface area contributed by atoms with E-state index in [1.807, 2.05) is 0 Å². The number of hydrogen-bond donors (Lipinski definition) is 3. The molecule has 0 aromatic heterocycles. The van der Waals surface area contributed by atoms with Crippen molar-refractivity contribution in [2.45, 2.75) is 57.4 Å². The van der Waals surface area contributed by atoms with E-state index < -0.39 is 0 Å². The summed E-state index contributed by atoms with van der Waals surface area (Å²) < 4.78 is 0. The minimum absolute atomic E-state index is 0.0446. The van der Waals surface area contributed by atoms with Crippen molar-refractivity contribution in [1.82, 2.24) is 10.6 Å². The van der Waals surface area contributed by atoms with E-state index in [2.05, 4.69) is 10.6 Å². The van der Waals surface area contributed by atoms with E-state index in [0.717, 1.165) is 25.8 Å². The van der Waals surface area contributed by atoms with Crippen molar-refractivity contribution in [3.8, 4) is 0 Å². The van der Waals surface area contributed by atoms with Crippen LogP contribution in [0.25, 0.3) is 0 Å². The molecule has 1 atom stereocenters. The van der Waals surface area contributed by atoms with Crippen LogP contribution in [0.2, 0.25) is 0 Å². The Morgan fingerprint density at radius 1 is 1.28 bits per heavy atom. The van der Waals surface area contributed by atoms with E-state index >= 15 is 0 Å². The van der Waals surface area contributed by atoms with Gasteiger partial charge in [0.1, 0.15) is 0 Å². The molecule has 0 radical (unpaired) electrons. The minimum Gasteiger partial charge on any atom is -0.396 e. The normalized spacial score (nSPS) is 27.1. The molecule has 1 unspecified atom stereocenters. The summed E-state index contributed by atoms with van der Waals surface area (Å²) in [4.78, 5) is 11.9. The Morgan fingerprint density at radius 2 is 2.06 bits per heavy atom. The van der Waals surface area contributed by atoms with E-state index in [1.54, 1.807) is 0 Å². The van der Waals surface area contributed by atoms with Crippen molar-refractivity contribution in [1.29, 1.82) is 0 Å². The van der Waals surface area contributed by atoms with Crippen LogP contribution in [0.4, 0.5) is 0 Å². The highest BCUT2D eigenvalue weighted by molar-refractivity contribution is 5.76. The van der Waals surface area contributed by atoms with E-state index in [9.17, 15) is 9.90 Å². The highest BCUT2D eigenvalue weighted by atomic mass is 16.3. The van der Waals surface area contributed by atoms with Crippen LogP contribution in [0.15, 0.2) is 0 Å². The molecule has 1 heterocycles. The number of nitrogens with one attached hydrogen (secondary N) is 2. The summed E-state index contributed by atoms with van der Waals surface area (Å²) in [7, 11) is 0. The number of aliphatic hydroxyl groups is 1. The summed E-state index contributed by atoms with van der Waals surface area (Å²) >= 11 is 0. The van der Waals surface area contributed by atoms with Gasteiger partial charge in [0.25, 0.3) is 0 Å². The first kappa shape index (κ1) is 13.8. The Bertz CT molecular complexity index is 269. The van der Waals surface area contributed by atoms with Crippen LogP contribution >= 0.6 is 0 Å². The smallest absolute Gasteiger partial charge is 0.221 e. The number of carbonyl (C=O) groups excluding carboxylic acids is 1. The number of rotatable bonds is 5. The molecule has 1 saturated carbocycles. The number of carbonyl (C=O) groups is 1. The molecule has 1 saturated heterocycles. The zero-order valence-electron chi connectivity index (χ0n) is 11.2. The molecule has 4 heteroatoms. The average molecular weight is 254 g/mol. The minimum atomic E-state index is -0.0446. The summed E-state index contributed by atoms with van der Waals surface area (Å²) in [6, 6.07) is 0.362. The van der Waals surface area contributed by atoms with Gasteiger partial charge in [0.15, 0.2) is 0 Å². The van der Waals surface area contributed by atoms with Gasteiger partial charge >= 0.3 is 0 Å². The van der Waals surface area contributed by atoms with Gasteiger partial charge in [-0.2, -0.15) is 0 Å². The monoisotopic (exact) mass is 254 g/mol. The molecule has 0 spiro atoms. The van der Waals surface area contributed by atoms with Crippen molar-refractivity contribution in [3.63, 3.8) is 0 Å². The zero-order chi connectivity index (χ0) is 12.8. The fourth-order valence-corrected chi connectivity index (χ4v) is 3.21. The second-order valence-corrected chi connectivity index (χ2v) is 5.99. The van der Waals surface area contributed by atoms with Gasteiger partial charge in [-0.1, -0.05) is 19.3 Å². The average Bonchev–Trinajstić information content (AvgIpc) is 2.90. The summed E-state index contributed by atoms with van der Waals surface area (Å²) in [5.74, 6) is 0.132. The summed E-state index contributed by atoms with van der Waals surface area (Å²) in [6.45, 7) is 1.89. The molecular formula is C14H26N2O2. The summed E-state index contributed by atoms with van der Waals surface area (Å²) in [5, 5.41) is 15.9. The second-order valence-electron chi connectivity index (χ2n) is 5.99. The topological polar surface area (TPSA) is 61.4 Å². The Morgan fingerprint density at radius 3 is 2.67 bits per heavy atom. The maximum absolute atomic E-state index is 11.9. The third-order valence-electron chi connectivity index (χ3n) is 4.50. The quantitative estimate of drug-likeness (QED) is 0.690. The molecule has 1 aliphatic carbocycles. The van der Waals surface area contributed by atoms with Crippen molar-refractivity contribution in [2.24, 2.45) is 5.41 Å². The summed E-state index contributed by atoms with van der Waals surface area (Å²) in [6.07, 6.45) is 8.60. The highest BCUT2D eigenvalue weighted by Crippen LogP contribution is 2.35. The van der Waals surface area contributed by atoms with Crippen molar-refractivity contribution in [2.75, 3.05) is 19.7 Å². The van der Waals surface area contributed by atoms with Crippen molar-refractivity contribution < 1.29 is 9.90 Å². The standard InChI is InChI=1S/C14H26N2O2/c17-11-14(6-2-1-3-7-14)10-16-13(18)9-12-5-4-8-15-12/h12,15,17H,1-11H2,(H,16,18). The van der Waals surface area contributed by atoms with Gasteiger partial charge in [-0.15, -0.1) is 0 Å². The molecule has 1 amide bonds. The number of aliphatic hydroxyl groups excluding tert-OH is 1. The highest BCUT2D eigenvalue weighted by Gasteiger charge is 2.31. The molecule has 2 aliphatic rings. The fraction of sp³-hybridized carbons (Fsp3) is 0.929. The van der Waals surface area contributed by atoms with Gasteiger partial charge in [-0.25, -0.2) is 0 Å². The van der Waals surface area contributed by atoms with Crippen molar-refractivity contribution >= 4 is 5.91 Å². The molecule has 2 fully saturated rings. The maximum atomic E-state index is 11.9. The predicted molar refractivity (Wildman–Crippen MR) is 71.3 cm³/mol. The van der Waals surface area contributed by atoms with Crippen LogP contribution in [-0.4, -0.2) is 36.8 Å². The Kier molecular flexibility index (Phi) is 5.01. The summed E-state index contributed by atoms with van der Waals surface area (Å²) in [5.41, 5.74) is -0.0446. The van der Waals surface area contributed by atoms with Crippen LogP contribution in [-0.2, 0) is 4.79 Å². The lowest BCUT2D eigenvalue weighted by Crippen LogP contribution is -2.42. The first-order valence-corrected chi connectivity index (χ1v) is 7.35. The Hall–Kier alpha value is -0.610. The third-order valence-corrected chi connectivity index (χ3v) is 4.50. The molecule has 0 aromatic rings. The lowest BCUT2D eigenvalue weighted by atomic mass is 9.74. The van der Waals surface area contributed by atoms with Gasteiger partial charge in [0.05, 0.1) is 6.61 Å².